The maximum Gasteiger partial charge on any atom is 0.281 e. The van der Waals surface area contributed by atoms with Gasteiger partial charge in [-0.1, -0.05) is 0 Å². The number of hydrogen-bond donors (Lipinski definition) is 0. The molecular formula is C26H10Cr2FeO16. The first kappa shape index (κ1) is 49.9. The average molecular weight is 738 g/mol. The van der Waals surface area contributed by atoms with E-state index in [9.17, 15) is 47.9 Å². The van der Waals surface area contributed by atoms with E-state index in [0.29, 0.717) is 21.7 Å². The van der Waals surface area contributed by atoms with Crippen LogP contribution in [0.1, 0.15) is 12.8 Å². The molecule has 0 aromatic carbocycles. The van der Waals surface area contributed by atoms with Crippen molar-refractivity contribution in [1.29, 1.82) is 0 Å². The summed E-state index contributed by atoms with van der Waals surface area (Å²) in [5.41, 5.74) is 0. The third-order valence-electron chi connectivity index (χ3n) is 3.62. The fourth-order valence-electron chi connectivity index (χ4n) is 2.06. The summed E-state index contributed by atoms with van der Waals surface area (Å²) in [6.45, 7) is 27.0. The number of carbonyl (C=O) groups excluding carboxylic acids is 16. The smallest absolute Gasteiger partial charge is 0.281 e. The second kappa shape index (κ2) is 32.2. The molecule has 0 aromatic heterocycles. The third kappa shape index (κ3) is 19.2. The number of rotatable bonds is 14. The van der Waals surface area contributed by atoms with Gasteiger partial charge in [-0.2, -0.15) is 0 Å². The topological polar surface area (TPSA) is 273 Å². The normalized spacial score (nSPS) is 10.7. The van der Waals surface area contributed by atoms with E-state index in [4.69, 9.17) is 28.8 Å². The molecule has 0 aromatic rings. The van der Waals surface area contributed by atoms with Crippen molar-refractivity contribution in [3.63, 3.8) is 0 Å². The van der Waals surface area contributed by atoms with Gasteiger partial charge in [0, 0.05) is 0 Å². The van der Waals surface area contributed by atoms with E-state index < -0.39 is 98.7 Å². The fraction of sp³-hybridized carbons (Fsp3) is 0.0769. The molecule has 2 aliphatic rings. The summed E-state index contributed by atoms with van der Waals surface area (Å²) in [6.07, 6.45) is 10.6. The molecule has 19 heteroatoms. The van der Waals surface area contributed by atoms with Crippen LogP contribution in [0.2, 0.25) is 0 Å². The molecule has 12 radical (unpaired) electrons. The van der Waals surface area contributed by atoms with Gasteiger partial charge in [-0.25, -0.2) is 0 Å². The van der Waals surface area contributed by atoms with Crippen LogP contribution in [-0.4, -0.2) is 94.1 Å². The fourth-order valence-corrected chi connectivity index (χ4v) is 5.13. The minimum atomic E-state index is -2.00. The molecule has 0 saturated carbocycles. The zero-order valence-electron chi connectivity index (χ0n) is 21.6. The molecule has 0 bridgehead atoms. The van der Waals surface area contributed by atoms with Gasteiger partial charge < -0.3 is 0 Å². The Morgan fingerprint density at radius 2 is 0.711 bits per heavy atom. The Morgan fingerprint density at radius 1 is 0.444 bits per heavy atom. The Balaban J connectivity index is -0.000000396. The summed E-state index contributed by atoms with van der Waals surface area (Å²) in [7, 11) is 0. The van der Waals surface area contributed by atoms with Crippen LogP contribution in [-0.2, 0) is 122 Å². The van der Waals surface area contributed by atoms with E-state index in [1.807, 2.05) is 0 Å². The standard InChI is InChI=1S/2C5O5.2C5H5.6CO.2Cr.Fe/c2*6-1-3(8)5(10)4(9)2-7;2*1-2-4-5-3-1;6*1-2;;;/h;;2*1-3H,4H2;;;;;;;;;. The Bertz CT molecular complexity index is 1170. The molecule has 16 nitrogen and oxygen atoms in total. The van der Waals surface area contributed by atoms with Crippen molar-refractivity contribution >= 4 is 94.1 Å². The molecule has 45 heavy (non-hydrogen) atoms. The van der Waals surface area contributed by atoms with Crippen LogP contribution in [0.25, 0.3) is 0 Å². The van der Waals surface area contributed by atoms with Crippen LogP contribution in [0.15, 0.2) is 45.3 Å². The van der Waals surface area contributed by atoms with Gasteiger partial charge >= 0.3 is 205 Å². The molecule has 0 amide bonds. The van der Waals surface area contributed by atoms with E-state index in [1.54, 1.807) is 36.5 Å². The van der Waals surface area contributed by atoms with Gasteiger partial charge in [0.05, 0.1) is 0 Å². The molecule has 0 unspecified atom stereocenters. The number of carbonyl (C=O) groups is 10. The Morgan fingerprint density at radius 3 is 0.933 bits per heavy atom. The van der Waals surface area contributed by atoms with Crippen molar-refractivity contribution in [3.8, 4) is 0 Å². The van der Waals surface area contributed by atoms with E-state index >= 15 is 0 Å². The Hall–Kier alpha value is -4.74. The van der Waals surface area contributed by atoms with E-state index in [-0.39, 0.29) is 0 Å². The summed E-state index contributed by atoms with van der Waals surface area (Å²) >= 11 is -3.69. The van der Waals surface area contributed by atoms with E-state index in [1.165, 1.54) is 0 Å². The minimum absolute atomic E-state index is 0.404. The van der Waals surface area contributed by atoms with Crippen LogP contribution in [0.5, 0.6) is 0 Å². The van der Waals surface area contributed by atoms with Gasteiger partial charge in [-0.3, -0.25) is 28.8 Å². The maximum absolute atomic E-state index is 11.8. The van der Waals surface area contributed by atoms with Crippen LogP contribution in [0, 0.1) is 0 Å². The predicted molar refractivity (Wildman–Crippen MR) is 128 cm³/mol. The molecule has 0 fully saturated rings. The number of Topliss-reactive ketones (excluding diaryl/α,β-unsaturated/α-hetero) is 6. The largest absolute Gasteiger partial charge is 0.281 e. The summed E-state index contributed by atoms with van der Waals surface area (Å²) < 4.78 is -4.78. The molecule has 0 atom stereocenters. The van der Waals surface area contributed by atoms with Crippen molar-refractivity contribution in [2.75, 3.05) is 0 Å². The Labute approximate surface area is 273 Å². The second-order valence-corrected chi connectivity index (χ2v) is 10.6. The van der Waals surface area contributed by atoms with Gasteiger partial charge in [0.1, 0.15) is 0 Å². The van der Waals surface area contributed by atoms with Gasteiger partial charge in [-0.15, -0.1) is 0 Å². The summed E-state index contributed by atoms with van der Waals surface area (Å²) in [4.78, 5) is 163. The van der Waals surface area contributed by atoms with Crippen LogP contribution in [0.4, 0.5) is 0 Å². The maximum atomic E-state index is 11.8. The molecule has 2 rings (SSSR count). The molecule has 0 aliphatic heterocycles. The summed E-state index contributed by atoms with van der Waals surface area (Å²) in [5.74, 6) is -11.4. The first-order chi connectivity index (χ1) is 21.5. The van der Waals surface area contributed by atoms with Crippen LogP contribution >= 0.6 is 0 Å². The van der Waals surface area contributed by atoms with Gasteiger partial charge in [0.2, 0.25) is 0 Å². The number of hydrogen-bond acceptors (Lipinski definition) is 16. The Kier molecular flexibility index (Phi) is 35.7. The van der Waals surface area contributed by atoms with Gasteiger partial charge in [-0.05, 0) is 0 Å². The first-order valence-electron chi connectivity index (χ1n) is 9.87. The van der Waals surface area contributed by atoms with Crippen molar-refractivity contribution in [2.24, 2.45) is 0 Å². The second-order valence-electron chi connectivity index (χ2n) is 5.90. The van der Waals surface area contributed by atoms with Crippen LogP contribution in [0.3, 0.4) is 0 Å². The molecular weight excluding hydrogens is 728 g/mol. The van der Waals surface area contributed by atoms with Gasteiger partial charge in [0.25, 0.3) is 40.7 Å². The number of allylic oxidation sites excluding steroid dienone is 8. The zero-order chi connectivity index (χ0) is 36.7. The SMILES string of the molecule is O=[C]([Cr][C]1=CC=CC1)C(=O)C(=O)C(=O)[C](=O)[Fe][C](=O)C(=O)C(=O)C(=O)[C](=O)[Cr][C]1=CC=CC1.[C]=O.[C]=O.[C]=O.[C]=O.[C]=O.[C]=O. The molecule has 2 aliphatic carbocycles. The molecule has 0 heterocycles. The molecule has 0 spiro atoms. The monoisotopic (exact) mass is 738 g/mol. The van der Waals surface area contributed by atoms with E-state index in [2.05, 4.69) is 40.7 Å². The quantitative estimate of drug-likeness (QED) is 0.0935. The predicted octanol–water partition coefficient (Wildman–Crippen LogP) is -3.94. The summed E-state index contributed by atoms with van der Waals surface area (Å²) in [6, 6.07) is 0. The molecule has 230 valence electrons. The van der Waals surface area contributed by atoms with Gasteiger partial charge in [0.15, 0.2) is 0 Å². The summed E-state index contributed by atoms with van der Waals surface area (Å²) in [5, 5.41) is 0. The van der Waals surface area contributed by atoms with E-state index in [0.717, 1.165) is 0 Å². The first-order valence-corrected chi connectivity index (χ1v) is 13.5. The minimum Gasteiger partial charge on any atom is -0.281 e. The molecule has 0 N–H and O–H groups in total. The van der Waals surface area contributed by atoms with Crippen molar-refractivity contribution in [2.45, 2.75) is 12.8 Å². The zero-order valence-corrected chi connectivity index (χ0v) is 25.2. The van der Waals surface area contributed by atoms with Crippen LogP contribution < -0.4 is 0 Å². The third-order valence-corrected chi connectivity index (χ3v) is 7.55. The molecule has 0 saturated heterocycles. The van der Waals surface area contributed by atoms with Crippen molar-refractivity contribution in [3.05, 3.63) is 45.3 Å². The average Bonchev–Trinajstić information content (AvgIpc) is 3.82. The van der Waals surface area contributed by atoms with Crippen molar-refractivity contribution in [1.82, 2.24) is 0 Å². The number of ketones is 6. The van der Waals surface area contributed by atoms with Crippen molar-refractivity contribution < 1.29 is 122 Å².